The van der Waals surface area contributed by atoms with Gasteiger partial charge in [-0.05, 0) is 104 Å². The number of fused-ring (bicyclic) bond motifs is 5. The summed E-state index contributed by atoms with van der Waals surface area (Å²) in [4.78, 5) is 12.5. The third-order valence-corrected chi connectivity index (χ3v) is 12.9. The summed E-state index contributed by atoms with van der Waals surface area (Å²) < 4.78 is 31.2. The zero-order valence-corrected chi connectivity index (χ0v) is 24.7. The van der Waals surface area contributed by atoms with Crippen LogP contribution in [0.25, 0.3) is 0 Å². The second kappa shape index (κ2) is 10.9. The first kappa shape index (κ1) is 30.2. The fraction of sp³-hybridized carbons (Fsp3) is 0.966. The molecule has 0 unspecified atom stereocenters. The van der Waals surface area contributed by atoms with Crippen molar-refractivity contribution in [2.24, 2.45) is 52.3 Å². The monoisotopic (exact) mass is 557 g/mol. The van der Waals surface area contributed by atoms with Gasteiger partial charge in [0, 0.05) is 12.5 Å². The Balaban J connectivity index is 1.49. The summed E-state index contributed by atoms with van der Waals surface area (Å²) in [5, 5.41) is 36.8. The van der Waals surface area contributed by atoms with Gasteiger partial charge in [-0.15, -0.1) is 0 Å². The molecular weight excluding hydrogens is 506 g/mol. The van der Waals surface area contributed by atoms with Crippen LogP contribution >= 0.6 is 0 Å². The lowest BCUT2D eigenvalue weighted by Gasteiger charge is -2.65. The Morgan fingerprint density at radius 2 is 1.71 bits per heavy atom. The Hall–Kier alpha value is -0.740. The SMILES string of the molecule is CC[C@H]1[C@@H](O)[C@@H]2[C@H](C[C@H](O)[C@]3(C)[C@@H]([C@H](C)CCC(=O)N[C@@H](C)CS(=O)(=O)O)CC[C@@H]23)[C@@]2(C)CC[C@@H](O)C[C@@H]12. The Labute approximate surface area is 229 Å². The summed E-state index contributed by atoms with van der Waals surface area (Å²) in [6.07, 6.45) is 5.72. The smallest absolute Gasteiger partial charge is 0.266 e. The van der Waals surface area contributed by atoms with Gasteiger partial charge in [0.2, 0.25) is 5.91 Å². The topological polar surface area (TPSA) is 144 Å². The fourth-order valence-corrected chi connectivity index (χ4v) is 10.9. The van der Waals surface area contributed by atoms with E-state index in [4.69, 9.17) is 4.55 Å². The third-order valence-electron chi connectivity index (χ3n) is 12.0. The molecule has 0 aromatic rings. The van der Waals surface area contributed by atoms with Gasteiger partial charge in [-0.25, -0.2) is 0 Å². The van der Waals surface area contributed by atoms with Crippen LogP contribution in [0.3, 0.4) is 0 Å². The molecule has 4 aliphatic carbocycles. The number of rotatable bonds is 8. The molecule has 0 heterocycles. The van der Waals surface area contributed by atoms with Gasteiger partial charge in [0.15, 0.2) is 0 Å². The second-order valence-electron chi connectivity index (χ2n) is 13.9. The van der Waals surface area contributed by atoms with Crippen LogP contribution < -0.4 is 5.32 Å². The quantitative estimate of drug-likeness (QED) is 0.288. The first-order chi connectivity index (χ1) is 17.6. The highest BCUT2D eigenvalue weighted by Gasteiger charge is 2.67. The van der Waals surface area contributed by atoms with Gasteiger partial charge in [0.1, 0.15) is 0 Å². The normalized spacial score (nSPS) is 46.4. The van der Waals surface area contributed by atoms with E-state index in [0.29, 0.717) is 12.8 Å². The number of amides is 1. The van der Waals surface area contributed by atoms with Crippen molar-refractivity contribution in [2.45, 2.75) is 117 Å². The molecule has 8 nitrogen and oxygen atoms in total. The Bertz CT molecular complexity index is 974. The minimum atomic E-state index is -4.15. The zero-order valence-electron chi connectivity index (χ0n) is 23.8. The molecular formula is C29H51NO7S. The van der Waals surface area contributed by atoms with Gasteiger partial charge in [-0.3, -0.25) is 9.35 Å². The molecule has 0 aromatic carbocycles. The van der Waals surface area contributed by atoms with Crippen LogP contribution in [0.2, 0.25) is 0 Å². The molecule has 5 N–H and O–H groups in total. The highest BCUT2D eigenvalue weighted by molar-refractivity contribution is 7.85. The van der Waals surface area contributed by atoms with E-state index >= 15 is 0 Å². The summed E-state index contributed by atoms with van der Waals surface area (Å²) in [7, 11) is -4.15. The summed E-state index contributed by atoms with van der Waals surface area (Å²) in [5.41, 5.74) is -0.307. The molecule has 0 spiro atoms. The van der Waals surface area contributed by atoms with E-state index in [1.54, 1.807) is 6.92 Å². The molecule has 13 atom stereocenters. The first-order valence-electron chi connectivity index (χ1n) is 14.9. The number of aliphatic hydroxyl groups excluding tert-OH is 3. The summed E-state index contributed by atoms with van der Waals surface area (Å²) in [6.45, 7) is 10.4. The first-order valence-corrected chi connectivity index (χ1v) is 16.5. The molecule has 4 saturated carbocycles. The lowest BCUT2D eigenvalue weighted by Crippen LogP contribution is -2.65. The molecule has 0 saturated heterocycles. The van der Waals surface area contributed by atoms with Crippen molar-refractivity contribution in [1.29, 1.82) is 0 Å². The van der Waals surface area contributed by atoms with Crippen LogP contribution in [0.15, 0.2) is 0 Å². The number of aliphatic hydroxyl groups is 3. The van der Waals surface area contributed by atoms with Crippen LogP contribution in [0.4, 0.5) is 0 Å². The number of carbonyl (C=O) groups excluding carboxylic acids is 1. The van der Waals surface area contributed by atoms with Crippen LogP contribution in [-0.4, -0.2) is 64.3 Å². The van der Waals surface area contributed by atoms with E-state index in [-0.39, 0.29) is 70.7 Å². The lowest BCUT2D eigenvalue weighted by molar-refractivity contribution is -0.228. The molecule has 4 fully saturated rings. The summed E-state index contributed by atoms with van der Waals surface area (Å²) in [5.74, 6) is 0.742. The number of nitrogens with one attached hydrogen (secondary N) is 1. The molecule has 0 aliphatic heterocycles. The van der Waals surface area contributed by atoms with Crippen molar-refractivity contribution in [3.8, 4) is 0 Å². The minimum Gasteiger partial charge on any atom is -0.393 e. The average molecular weight is 558 g/mol. The molecule has 1 amide bonds. The van der Waals surface area contributed by atoms with Crippen molar-refractivity contribution in [2.75, 3.05) is 5.75 Å². The van der Waals surface area contributed by atoms with Crippen LogP contribution in [-0.2, 0) is 14.9 Å². The summed E-state index contributed by atoms with van der Waals surface area (Å²) in [6, 6.07) is -0.663. The highest BCUT2D eigenvalue weighted by Crippen LogP contribution is 2.69. The van der Waals surface area contributed by atoms with Gasteiger partial charge in [-0.1, -0.05) is 34.1 Å². The van der Waals surface area contributed by atoms with Gasteiger partial charge in [0.05, 0.1) is 24.1 Å². The predicted octanol–water partition coefficient (Wildman–Crippen LogP) is 3.39. The maximum atomic E-state index is 12.5. The highest BCUT2D eigenvalue weighted by atomic mass is 32.2. The van der Waals surface area contributed by atoms with Crippen LogP contribution in [0, 0.1) is 52.3 Å². The largest absolute Gasteiger partial charge is 0.393 e. The molecule has 0 aromatic heterocycles. The molecule has 38 heavy (non-hydrogen) atoms. The van der Waals surface area contributed by atoms with Gasteiger partial charge in [-0.2, -0.15) is 8.42 Å². The van der Waals surface area contributed by atoms with Crippen LogP contribution in [0.5, 0.6) is 0 Å². The van der Waals surface area contributed by atoms with E-state index in [9.17, 15) is 28.5 Å². The molecule has 0 bridgehead atoms. The van der Waals surface area contributed by atoms with Crippen LogP contribution in [0.1, 0.15) is 92.4 Å². The Morgan fingerprint density at radius 1 is 1.03 bits per heavy atom. The minimum absolute atomic E-state index is 0.0205. The molecule has 9 heteroatoms. The Kier molecular flexibility index (Phi) is 8.68. The van der Waals surface area contributed by atoms with E-state index in [2.05, 4.69) is 33.0 Å². The number of carbonyl (C=O) groups is 1. The summed E-state index contributed by atoms with van der Waals surface area (Å²) >= 11 is 0. The molecule has 4 rings (SSSR count). The Morgan fingerprint density at radius 3 is 2.34 bits per heavy atom. The maximum Gasteiger partial charge on any atom is 0.266 e. The van der Waals surface area contributed by atoms with Gasteiger partial charge >= 0.3 is 0 Å². The predicted molar refractivity (Wildman–Crippen MR) is 146 cm³/mol. The lowest BCUT2D eigenvalue weighted by atomic mass is 9.41. The van der Waals surface area contributed by atoms with Gasteiger partial charge in [0.25, 0.3) is 10.1 Å². The zero-order chi connectivity index (χ0) is 28.2. The van der Waals surface area contributed by atoms with Crippen molar-refractivity contribution in [3.63, 3.8) is 0 Å². The number of hydrogen-bond donors (Lipinski definition) is 5. The third kappa shape index (κ3) is 5.31. The van der Waals surface area contributed by atoms with E-state index in [0.717, 1.165) is 38.5 Å². The van der Waals surface area contributed by atoms with Crippen molar-refractivity contribution in [1.82, 2.24) is 5.32 Å². The number of hydrogen-bond acceptors (Lipinski definition) is 6. The molecule has 4 aliphatic rings. The average Bonchev–Trinajstić information content (AvgIpc) is 3.17. The standard InChI is InChI=1S/C29H51NO7S/c1-6-19-22-13-18(31)11-12-28(22,4)23-14-24(32)29(5)20(8-9-21(29)26(23)27(19)34)16(2)7-10-25(33)30-17(3)15-38(35,36)37/h16-24,26-27,31-32,34H,6-15H2,1-5H3,(H,30,33)(H,35,36,37)/t16-,17+,18-,19-,20-,21+,22+,23+,24+,26+,27-,28+,29-/m1/s1. The van der Waals surface area contributed by atoms with Crippen molar-refractivity contribution >= 4 is 16.0 Å². The van der Waals surface area contributed by atoms with Gasteiger partial charge < -0.3 is 20.6 Å². The fourth-order valence-electron chi connectivity index (χ4n) is 10.2. The maximum absolute atomic E-state index is 12.5. The van der Waals surface area contributed by atoms with Crippen molar-refractivity contribution < 1.29 is 33.1 Å². The second-order valence-corrected chi connectivity index (χ2v) is 15.4. The van der Waals surface area contributed by atoms with E-state index in [1.165, 1.54) is 0 Å². The molecule has 220 valence electrons. The molecule has 0 radical (unpaired) electrons. The van der Waals surface area contributed by atoms with E-state index < -0.39 is 34.1 Å². The van der Waals surface area contributed by atoms with Crippen molar-refractivity contribution in [3.05, 3.63) is 0 Å². The van der Waals surface area contributed by atoms with E-state index in [1.807, 2.05) is 0 Å².